The number of hydrogen-bond donors (Lipinski definition) is 0. The van der Waals surface area contributed by atoms with Gasteiger partial charge < -0.3 is 4.90 Å². The van der Waals surface area contributed by atoms with Crippen LogP contribution in [0.25, 0.3) is 11.1 Å². The first-order valence-electron chi connectivity index (χ1n) is 9.89. The predicted molar refractivity (Wildman–Crippen MR) is 111 cm³/mol. The second-order valence-corrected chi connectivity index (χ2v) is 7.46. The molecule has 1 fully saturated rings. The fourth-order valence-electron chi connectivity index (χ4n) is 4.04. The van der Waals surface area contributed by atoms with Crippen LogP contribution in [-0.4, -0.2) is 27.3 Å². The molecule has 142 valence electrons. The van der Waals surface area contributed by atoms with E-state index in [1.165, 1.54) is 0 Å². The number of piperidine rings is 1. The fourth-order valence-corrected chi connectivity index (χ4v) is 4.04. The summed E-state index contributed by atoms with van der Waals surface area (Å²) in [6.45, 7) is 4.81. The number of carbonyl (C=O) groups is 1. The molecule has 1 aliphatic heterocycles. The normalized spacial score (nSPS) is 16.8. The lowest BCUT2D eigenvalue weighted by Crippen LogP contribution is -2.38. The Labute approximate surface area is 166 Å². The van der Waals surface area contributed by atoms with Crippen molar-refractivity contribution in [2.45, 2.75) is 39.2 Å². The molecule has 1 amide bonds. The van der Waals surface area contributed by atoms with Gasteiger partial charge in [-0.2, -0.15) is 0 Å². The van der Waals surface area contributed by atoms with Gasteiger partial charge in [-0.3, -0.25) is 14.8 Å². The Hall–Kier alpha value is -3.01. The lowest BCUT2D eigenvalue weighted by atomic mass is 9.95. The van der Waals surface area contributed by atoms with Crippen molar-refractivity contribution in [2.75, 3.05) is 6.54 Å². The van der Waals surface area contributed by atoms with E-state index < -0.39 is 0 Å². The summed E-state index contributed by atoms with van der Waals surface area (Å²) >= 11 is 0. The van der Waals surface area contributed by atoms with Gasteiger partial charge in [0, 0.05) is 41.5 Å². The van der Waals surface area contributed by atoms with Gasteiger partial charge in [0.05, 0.1) is 6.04 Å². The van der Waals surface area contributed by atoms with Crippen molar-refractivity contribution in [1.82, 2.24) is 14.9 Å². The average Bonchev–Trinajstić information content (AvgIpc) is 2.74. The van der Waals surface area contributed by atoms with Crippen molar-refractivity contribution >= 4 is 5.91 Å². The summed E-state index contributed by atoms with van der Waals surface area (Å²) in [4.78, 5) is 24.0. The van der Waals surface area contributed by atoms with Crippen LogP contribution in [0, 0.1) is 13.8 Å². The number of nitrogens with zero attached hydrogens (tertiary/aromatic N) is 3. The summed E-state index contributed by atoms with van der Waals surface area (Å²) in [5.41, 5.74) is 6.07. The summed E-state index contributed by atoms with van der Waals surface area (Å²) in [5, 5.41) is 0. The zero-order valence-electron chi connectivity index (χ0n) is 16.4. The lowest BCUT2D eigenvalue weighted by molar-refractivity contribution is 0.0611. The second-order valence-electron chi connectivity index (χ2n) is 7.46. The SMILES string of the molecule is Cc1ccc(-c2ccc(C(=O)N3CCCC[C@H]3c3cccnc3)cc2)c(C)n1. The number of aromatic nitrogens is 2. The molecular weight excluding hydrogens is 346 g/mol. The van der Waals surface area contributed by atoms with E-state index in [0.29, 0.717) is 0 Å². The van der Waals surface area contributed by atoms with Crippen LogP contribution < -0.4 is 0 Å². The van der Waals surface area contributed by atoms with E-state index in [2.05, 4.69) is 22.1 Å². The lowest BCUT2D eigenvalue weighted by Gasteiger charge is -2.36. The van der Waals surface area contributed by atoms with Crippen LogP contribution in [-0.2, 0) is 0 Å². The van der Waals surface area contributed by atoms with Crippen molar-refractivity contribution in [3.8, 4) is 11.1 Å². The summed E-state index contributed by atoms with van der Waals surface area (Å²) in [7, 11) is 0. The Morgan fingerprint density at radius 2 is 1.86 bits per heavy atom. The van der Waals surface area contributed by atoms with Gasteiger partial charge in [0.25, 0.3) is 5.91 Å². The minimum atomic E-state index is 0.0962. The van der Waals surface area contributed by atoms with Gasteiger partial charge in [-0.05, 0) is 68.5 Å². The van der Waals surface area contributed by atoms with Crippen LogP contribution in [0.5, 0.6) is 0 Å². The molecule has 1 aromatic carbocycles. The highest BCUT2D eigenvalue weighted by Gasteiger charge is 2.28. The van der Waals surface area contributed by atoms with Crippen LogP contribution in [0.3, 0.4) is 0 Å². The number of rotatable bonds is 3. The maximum Gasteiger partial charge on any atom is 0.254 e. The third kappa shape index (κ3) is 3.68. The summed E-state index contributed by atoms with van der Waals surface area (Å²) in [6, 6.07) is 16.2. The molecular formula is C24H25N3O. The molecule has 4 nitrogen and oxygen atoms in total. The number of carbonyl (C=O) groups excluding carboxylic acids is 1. The molecule has 4 heteroatoms. The van der Waals surface area contributed by atoms with Crippen molar-refractivity contribution in [3.05, 3.63) is 83.4 Å². The number of benzene rings is 1. The molecule has 0 unspecified atom stereocenters. The van der Waals surface area contributed by atoms with Gasteiger partial charge >= 0.3 is 0 Å². The molecule has 0 saturated carbocycles. The average molecular weight is 371 g/mol. The highest BCUT2D eigenvalue weighted by Crippen LogP contribution is 2.32. The number of pyridine rings is 2. The smallest absolute Gasteiger partial charge is 0.254 e. The number of likely N-dealkylation sites (tertiary alicyclic amines) is 1. The molecule has 0 aliphatic carbocycles. The standard InChI is InChI=1S/C24H25N3O/c1-17-8-13-22(18(2)26-17)19-9-11-20(12-10-19)24(28)27-15-4-3-7-23(27)21-6-5-14-25-16-21/h5-6,8-14,16,23H,3-4,7,15H2,1-2H3/t23-/m0/s1. The fraction of sp³-hybridized carbons (Fsp3) is 0.292. The van der Waals surface area contributed by atoms with E-state index >= 15 is 0 Å². The first kappa shape index (κ1) is 18.4. The maximum absolute atomic E-state index is 13.2. The zero-order chi connectivity index (χ0) is 19.5. The monoisotopic (exact) mass is 371 g/mol. The Morgan fingerprint density at radius 1 is 1.04 bits per heavy atom. The highest BCUT2D eigenvalue weighted by atomic mass is 16.2. The molecule has 0 bridgehead atoms. The van der Waals surface area contributed by atoms with E-state index in [1.807, 2.05) is 61.3 Å². The van der Waals surface area contributed by atoms with Gasteiger partial charge in [0.1, 0.15) is 0 Å². The molecule has 1 atom stereocenters. The van der Waals surface area contributed by atoms with Crippen LogP contribution in [0.1, 0.15) is 52.6 Å². The molecule has 1 aliphatic rings. The molecule has 3 heterocycles. The zero-order valence-corrected chi connectivity index (χ0v) is 16.4. The van der Waals surface area contributed by atoms with E-state index in [1.54, 1.807) is 6.20 Å². The molecule has 0 spiro atoms. The van der Waals surface area contributed by atoms with Gasteiger partial charge in [-0.1, -0.05) is 24.3 Å². The van der Waals surface area contributed by atoms with Crippen LogP contribution in [0.2, 0.25) is 0 Å². The van der Waals surface area contributed by atoms with Gasteiger partial charge in [-0.15, -0.1) is 0 Å². The van der Waals surface area contributed by atoms with E-state index in [4.69, 9.17) is 0 Å². The molecule has 0 radical (unpaired) electrons. The van der Waals surface area contributed by atoms with Gasteiger partial charge in [0.2, 0.25) is 0 Å². The van der Waals surface area contributed by atoms with E-state index in [9.17, 15) is 4.79 Å². The van der Waals surface area contributed by atoms with Crippen LogP contribution in [0.15, 0.2) is 60.9 Å². The number of hydrogen-bond acceptors (Lipinski definition) is 3. The predicted octanol–water partition coefficient (Wildman–Crippen LogP) is 5.13. The van der Waals surface area contributed by atoms with Crippen molar-refractivity contribution in [1.29, 1.82) is 0 Å². The number of aryl methyl sites for hydroxylation is 2. The second kappa shape index (κ2) is 7.93. The quantitative estimate of drug-likeness (QED) is 0.641. The minimum Gasteiger partial charge on any atom is -0.332 e. The third-order valence-electron chi connectivity index (χ3n) is 5.50. The highest BCUT2D eigenvalue weighted by molar-refractivity contribution is 5.95. The van der Waals surface area contributed by atoms with Gasteiger partial charge in [0.15, 0.2) is 0 Å². The molecule has 4 rings (SSSR count). The van der Waals surface area contributed by atoms with Crippen molar-refractivity contribution < 1.29 is 4.79 Å². The molecule has 28 heavy (non-hydrogen) atoms. The summed E-state index contributed by atoms with van der Waals surface area (Å²) in [5.74, 6) is 0.0962. The van der Waals surface area contributed by atoms with Crippen molar-refractivity contribution in [3.63, 3.8) is 0 Å². The third-order valence-corrected chi connectivity index (χ3v) is 5.50. The summed E-state index contributed by atoms with van der Waals surface area (Å²) in [6.07, 6.45) is 6.84. The molecule has 0 N–H and O–H groups in total. The molecule has 2 aromatic heterocycles. The van der Waals surface area contributed by atoms with Crippen molar-refractivity contribution in [2.24, 2.45) is 0 Å². The van der Waals surface area contributed by atoms with Crippen LogP contribution in [0.4, 0.5) is 0 Å². The Morgan fingerprint density at radius 3 is 2.57 bits per heavy atom. The Kier molecular flexibility index (Phi) is 5.20. The first-order chi connectivity index (χ1) is 13.6. The number of amides is 1. The Balaban J connectivity index is 1.59. The van der Waals surface area contributed by atoms with E-state index in [-0.39, 0.29) is 11.9 Å². The molecule has 3 aromatic rings. The summed E-state index contributed by atoms with van der Waals surface area (Å²) < 4.78 is 0. The topological polar surface area (TPSA) is 46.1 Å². The largest absolute Gasteiger partial charge is 0.332 e. The van der Waals surface area contributed by atoms with Gasteiger partial charge in [-0.25, -0.2) is 0 Å². The maximum atomic E-state index is 13.2. The van der Waals surface area contributed by atoms with Crippen LogP contribution >= 0.6 is 0 Å². The minimum absolute atomic E-state index is 0.0962. The molecule has 1 saturated heterocycles. The first-order valence-corrected chi connectivity index (χ1v) is 9.89. The Bertz CT molecular complexity index is 967. The van der Waals surface area contributed by atoms with E-state index in [0.717, 1.165) is 59.4 Å².